The molecule has 0 saturated heterocycles. The topological polar surface area (TPSA) is 49.4 Å². The summed E-state index contributed by atoms with van der Waals surface area (Å²) in [6.45, 7) is 0.437. The number of halogens is 1. The van der Waals surface area contributed by atoms with E-state index in [1.165, 1.54) is 23.1 Å². The fraction of sp³-hybridized carbons (Fsp3) is 0.176. The monoisotopic (exact) mass is 300 g/mol. The Balaban J connectivity index is 1.87. The van der Waals surface area contributed by atoms with E-state index in [1.807, 2.05) is 30.3 Å². The molecular weight excluding hydrogens is 283 g/mol. The Hall–Kier alpha value is -2.69. The highest BCUT2D eigenvalue weighted by atomic mass is 19.1. The minimum Gasteiger partial charge on any atom is -0.341 e. The van der Waals surface area contributed by atoms with E-state index in [9.17, 15) is 14.0 Å². The van der Waals surface area contributed by atoms with Gasteiger partial charge in [0, 0.05) is 19.3 Å². The summed E-state index contributed by atoms with van der Waals surface area (Å²) in [7, 11) is 1.64. The summed E-state index contributed by atoms with van der Waals surface area (Å²) >= 11 is 0. The number of nitrogens with one attached hydrogen (secondary N) is 1. The zero-order valence-electron chi connectivity index (χ0n) is 12.3. The average molecular weight is 300 g/mol. The molecule has 2 aromatic carbocycles. The Morgan fingerprint density at radius 2 is 1.82 bits per heavy atom. The summed E-state index contributed by atoms with van der Waals surface area (Å²) in [5, 5.41) is 2.51. The van der Waals surface area contributed by atoms with E-state index in [0.717, 1.165) is 5.56 Å². The van der Waals surface area contributed by atoms with Crippen molar-refractivity contribution in [1.82, 2.24) is 4.90 Å². The van der Waals surface area contributed by atoms with Crippen LogP contribution in [0.2, 0.25) is 0 Å². The van der Waals surface area contributed by atoms with E-state index >= 15 is 0 Å². The van der Waals surface area contributed by atoms with Gasteiger partial charge in [-0.2, -0.15) is 0 Å². The molecule has 0 spiro atoms. The molecule has 5 heteroatoms. The molecule has 0 heterocycles. The van der Waals surface area contributed by atoms with Crippen molar-refractivity contribution in [2.24, 2.45) is 0 Å². The SMILES string of the molecule is CN(Cc1ccccc1)C(=O)CC(=O)Nc1cccc(F)c1. The predicted octanol–water partition coefficient (Wildman–Crippen LogP) is 2.81. The van der Waals surface area contributed by atoms with Crippen LogP contribution < -0.4 is 5.32 Å². The van der Waals surface area contributed by atoms with Crippen molar-refractivity contribution in [1.29, 1.82) is 0 Å². The third-order valence-corrected chi connectivity index (χ3v) is 3.11. The molecule has 22 heavy (non-hydrogen) atoms. The van der Waals surface area contributed by atoms with E-state index in [-0.39, 0.29) is 12.3 Å². The van der Waals surface area contributed by atoms with Crippen LogP contribution in [0.5, 0.6) is 0 Å². The van der Waals surface area contributed by atoms with Crippen molar-refractivity contribution in [3.05, 3.63) is 66.0 Å². The number of hydrogen-bond donors (Lipinski definition) is 1. The van der Waals surface area contributed by atoms with Gasteiger partial charge in [0.05, 0.1) is 0 Å². The van der Waals surface area contributed by atoms with Gasteiger partial charge in [0.1, 0.15) is 12.2 Å². The number of benzene rings is 2. The molecule has 0 aliphatic carbocycles. The minimum absolute atomic E-state index is 0.278. The predicted molar refractivity (Wildman–Crippen MR) is 82.6 cm³/mol. The molecule has 0 aromatic heterocycles. The van der Waals surface area contributed by atoms with Crippen LogP contribution in [0, 0.1) is 5.82 Å². The number of carbonyl (C=O) groups excluding carboxylic acids is 2. The molecular formula is C17H17FN2O2. The molecule has 0 unspecified atom stereocenters. The van der Waals surface area contributed by atoms with Crippen LogP contribution in [-0.4, -0.2) is 23.8 Å². The molecule has 2 rings (SSSR count). The summed E-state index contributed by atoms with van der Waals surface area (Å²) < 4.78 is 13.0. The largest absolute Gasteiger partial charge is 0.341 e. The lowest BCUT2D eigenvalue weighted by atomic mass is 10.2. The molecule has 0 aliphatic heterocycles. The number of rotatable bonds is 5. The number of hydrogen-bond acceptors (Lipinski definition) is 2. The van der Waals surface area contributed by atoms with Crippen molar-refractivity contribution in [2.75, 3.05) is 12.4 Å². The van der Waals surface area contributed by atoms with Crippen LogP contribution in [0.25, 0.3) is 0 Å². The smallest absolute Gasteiger partial charge is 0.233 e. The lowest BCUT2D eigenvalue weighted by molar-refractivity contribution is -0.133. The summed E-state index contributed by atoms with van der Waals surface area (Å²) in [5.41, 5.74) is 1.33. The fourth-order valence-electron chi connectivity index (χ4n) is 1.99. The summed E-state index contributed by atoms with van der Waals surface area (Å²) in [5.74, 6) is -1.20. The van der Waals surface area contributed by atoms with Crippen LogP contribution in [-0.2, 0) is 16.1 Å². The maximum absolute atomic E-state index is 13.0. The van der Waals surface area contributed by atoms with Gasteiger partial charge in [0.15, 0.2) is 0 Å². The van der Waals surface area contributed by atoms with E-state index in [2.05, 4.69) is 5.32 Å². The van der Waals surface area contributed by atoms with Gasteiger partial charge in [-0.1, -0.05) is 36.4 Å². The second kappa shape index (κ2) is 7.36. The Morgan fingerprint density at radius 3 is 2.50 bits per heavy atom. The Morgan fingerprint density at radius 1 is 1.09 bits per heavy atom. The highest BCUT2D eigenvalue weighted by molar-refractivity contribution is 6.03. The zero-order chi connectivity index (χ0) is 15.9. The van der Waals surface area contributed by atoms with Gasteiger partial charge < -0.3 is 10.2 Å². The van der Waals surface area contributed by atoms with E-state index in [1.54, 1.807) is 13.1 Å². The third kappa shape index (κ3) is 4.70. The number of nitrogens with zero attached hydrogens (tertiary/aromatic N) is 1. The molecule has 0 aliphatic rings. The Labute approximate surface area is 128 Å². The highest BCUT2D eigenvalue weighted by Crippen LogP contribution is 2.10. The van der Waals surface area contributed by atoms with E-state index in [4.69, 9.17) is 0 Å². The second-order valence-corrected chi connectivity index (χ2v) is 4.97. The first-order valence-electron chi connectivity index (χ1n) is 6.88. The summed E-state index contributed by atoms with van der Waals surface area (Å²) in [6, 6.07) is 15.1. The molecule has 0 bridgehead atoms. The fourth-order valence-corrected chi connectivity index (χ4v) is 1.99. The first kappa shape index (κ1) is 15.7. The van der Waals surface area contributed by atoms with Gasteiger partial charge in [0.25, 0.3) is 0 Å². The highest BCUT2D eigenvalue weighted by Gasteiger charge is 2.14. The lowest BCUT2D eigenvalue weighted by Gasteiger charge is -2.17. The summed E-state index contributed by atoms with van der Waals surface area (Å²) in [6.07, 6.45) is -0.278. The van der Waals surface area contributed by atoms with Gasteiger partial charge in [-0.05, 0) is 23.8 Å². The molecule has 1 N–H and O–H groups in total. The molecule has 0 saturated carbocycles. The van der Waals surface area contributed by atoms with Crippen molar-refractivity contribution in [3.8, 4) is 0 Å². The second-order valence-electron chi connectivity index (χ2n) is 4.97. The Kier molecular flexibility index (Phi) is 5.25. The molecule has 0 radical (unpaired) electrons. The van der Waals surface area contributed by atoms with Crippen molar-refractivity contribution < 1.29 is 14.0 Å². The molecule has 2 amide bonds. The average Bonchev–Trinajstić information content (AvgIpc) is 2.48. The maximum atomic E-state index is 13.0. The Bertz CT molecular complexity index is 659. The number of anilines is 1. The zero-order valence-corrected chi connectivity index (χ0v) is 12.3. The van der Waals surface area contributed by atoms with Gasteiger partial charge in [-0.3, -0.25) is 9.59 Å². The lowest BCUT2D eigenvalue weighted by Crippen LogP contribution is -2.30. The molecule has 2 aromatic rings. The van der Waals surface area contributed by atoms with Gasteiger partial charge in [-0.25, -0.2) is 4.39 Å². The normalized spacial score (nSPS) is 10.1. The van der Waals surface area contributed by atoms with E-state index in [0.29, 0.717) is 12.2 Å². The van der Waals surface area contributed by atoms with Crippen molar-refractivity contribution in [2.45, 2.75) is 13.0 Å². The standard InChI is InChI=1S/C17H17FN2O2/c1-20(12-13-6-3-2-4-7-13)17(22)11-16(21)19-15-9-5-8-14(18)10-15/h2-10H,11-12H2,1H3,(H,19,21). The molecule has 114 valence electrons. The number of carbonyl (C=O) groups is 2. The van der Waals surface area contributed by atoms with Crippen LogP contribution >= 0.6 is 0 Å². The molecule has 0 fully saturated rings. The maximum Gasteiger partial charge on any atom is 0.233 e. The minimum atomic E-state index is -0.462. The van der Waals surface area contributed by atoms with Crippen LogP contribution in [0.3, 0.4) is 0 Å². The summed E-state index contributed by atoms with van der Waals surface area (Å²) in [4.78, 5) is 25.3. The quantitative estimate of drug-likeness (QED) is 0.863. The first-order chi connectivity index (χ1) is 10.5. The van der Waals surface area contributed by atoms with Gasteiger partial charge >= 0.3 is 0 Å². The van der Waals surface area contributed by atoms with Crippen molar-refractivity contribution >= 4 is 17.5 Å². The van der Waals surface area contributed by atoms with Crippen LogP contribution in [0.4, 0.5) is 10.1 Å². The van der Waals surface area contributed by atoms with Crippen LogP contribution in [0.15, 0.2) is 54.6 Å². The molecule has 0 atom stereocenters. The van der Waals surface area contributed by atoms with E-state index < -0.39 is 11.7 Å². The van der Waals surface area contributed by atoms with Crippen molar-refractivity contribution in [3.63, 3.8) is 0 Å². The third-order valence-electron chi connectivity index (χ3n) is 3.11. The van der Waals surface area contributed by atoms with Gasteiger partial charge in [0.2, 0.25) is 11.8 Å². The number of amides is 2. The van der Waals surface area contributed by atoms with Crippen LogP contribution in [0.1, 0.15) is 12.0 Å². The van der Waals surface area contributed by atoms with Gasteiger partial charge in [-0.15, -0.1) is 0 Å². The first-order valence-corrected chi connectivity index (χ1v) is 6.88. The molecule has 4 nitrogen and oxygen atoms in total.